The third-order valence-electron chi connectivity index (χ3n) is 4.54. The van der Waals surface area contributed by atoms with Crippen molar-refractivity contribution in [1.82, 2.24) is 9.21 Å². The molecule has 2 aromatic rings. The number of hydrogen-bond donors (Lipinski definition) is 0. The van der Waals surface area contributed by atoms with Crippen molar-refractivity contribution in [3.8, 4) is 5.75 Å². The molecular formula is C18H22N2O4S2. The summed E-state index contributed by atoms with van der Waals surface area (Å²) < 4.78 is 32.1. The van der Waals surface area contributed by atoms with Crippen LogP contribution in [0.15, 0.2) is 40.6 Å². The molecule has 1 amide bonds. The molecular weight excluding hydrogens is 372 g/mol. The van der Waals surface area contributed by atoms with E-state index in [0.717, 1.165) is 16.9 Å². The van der Waals surface area contributed by atoms with Crippen molar-refractivity contribution < 1.29 is 17.9 Å². The van der Waals surface area contributed by atoms with E-state index < -0.39 is 10.0 Å². The van der Waals surface area contributed by atoms with Gasteiger partial charge in [-0.3, -0.25) is 4.79 Å². The summed E-state index contributed by atoms with van der Waals surface area (Å²) >= 11 is 1.45. The number of piperazine rings is 1. The zero-order valence-electron chi connectivity index (χ0n) is 14.8. The maximum Gasteiger partial charge on any atom is 0.264 e. The molecule has 1 aromatic carbocycles. The molecule has 0 N–H and O–H groups in total. The Morgan fingerprint density at radius 3 is 2.35 bits per heavy atom. The molecule has 6 nitrogen and oxygen atoms in total. The first kappa shape index (κ1) is 18.9. The second-order valence-corrected chi connectivity index (χ2v) is 8.85. The zero-order chi connectivity index (χ0) is 18.7. The topological polar surface area (TPSA) is 66.9 Å². The van der Waals surface area contributed by atoms with Crippen LogP contribution in [0.2, 0.25) is 0 Å². The van der Waals surface area contributed by atoms with E-state index in [2.05, 4.69) is 0 Å². The molecule has 1 saturated heterocycles. The highest BCUT2D eigenvalue weighted by atomic mass is 32.2. The number of amides is 1. The molecule has 0 aliphatic carbocycles. The summed E-state index contributed by atoms with van der Waals surface area (Å²) in [5, 5.41) is 1.93. The summed E-state index contributed by atoms with van der Waals surface area (Å²) in [5.74, 6) is 0.611. The first-order valence-corrected chi connectivity index (χ1v) is 10.8. The van der Waals surface area contributed by atoms with Crippen molar-refractivity contribution in [2.75, 3.05) is 33.3 Å². The van der Waals surface area contributed by atoms with E-state index in [4.69, 9.17) is 4.74 Å². The summed E-state index contributed by atoms with van der Waals surface area (Å²) in [7, 11) is -2.02. The van der Waals surface area contributed by atoms with E-state index in [1.807, 2.05) is 18.4 Å². The fourth-order valence-electron chi connectivity index (χ4n) is 2.97. The summed E-state index contributed by atoms with van der Waals surface area (Å²) in [4.78, 5) is 15.4. The van der Waals surface area contributed by atoms with Gasteiger partial charge < -0.3 is 9.64 Å². The predicted molar refractivity (Wildman–Crippen MR) is 101 cm³/mol. The van der Waals surface area contributed by atoms with Gasteiger partial charge in [0.1, 0.15) is 5.75 Å². The Morgan fingerprint density at radius 2 is 1.77 bits per heavy atom. The van der Waals surface area contributed by atoms with E-state index in [-0.39, 0.29) is 10.8 Å². The van der Waals surface area contributed by atoms with Gasteiger partial charge in [-0.2, -0.15) is 4.31 Å². The molecule has 3 rings (SSSR count). The van der Waals surface area contributed by atoms with E-state index >= 15 is 0 Å². The van der Waals surface area contributed by atoms with E-state index in [1.54, 1.807) is 29.2 Å². The van der Waals surface area contributed by atoms with Gasteiger partial charge in [0.2, 0.25) is 10.0 Å². The van der Waals surface area contributed by atoms with Crippen LogP contribution in [-0.2, 0) is 16.4 Å². The minimum Gasteiger partial charge on any atom is -0.497 e. The van der Waals surface area contributed by atoms with Crippen LogP contribution in [0, 0.1) is 0 Å². The number of nitrogens with zero attached hydrogens (tertiary/aromatic N) is 2. The van der Waals surface area contributed by atoms with Crippen LogP contribution in [0.4, 0.5) is 0 Å². The van der Waals surface area contributed by atoms with Crippen LogP contribution in [-0.4, -0.2) is 56.8 Å². The summed E-state index contributed by atoms with van der Waals surface area (Å²) in [6, 6.07) is 8.34. The van der Waals surface area contributed by atoms with Crippen LogP contribution < -0.4 is 4.74 Å². The van der Waals surface area contributed by atoms with Crippen molar-refractivity contribution in [2.45, 2.75) is 18.2 Å². The average molecular weight is 395 g/mol. The number of ether oxygens (including phenoxy) is 1. The molecule has 1 fully saturated rings. The van der Waals surface area contributed by atoms with Crippen LogP contribution >= 0.6 is 11.3 Å². The first-order chi connectivity index (χ1) is 12.5. The molecule has 1 aliphatic rings. The molecule has 1 aromatic heterocycles. The molecule has 26 heavy (non-hydrogen) atoms. The van der Waals surface area contributed by atoms with E-state index in [0.29, 0.717) is 31.9 Å². The maximum absolute atomic E-state index is 12.8. The van der Waals surface area contributed by atoms with Crippen molar-refractivity contribution >= 4 is 27.3 Å². The van der Waals surface area contributed by atoms with Crippen molar-refractivity contribution in [3.05, 3.63) is 46.2 Å². The minimum absolute atomic E-state index is 0.00153. The summed E-state index contributed by atoms with van der Waals surface area (Å²) in [6.07, 6.45) is 0.816. The first-order valence-electron chi connectivity index (χ1n) is 8.47. The van der Waals surface area contributed by atoms with Gasteiger partial charge in [0.05, 0.1) is 16.9 Å². The van der Waals surface area contributed by atoms with Crippen molar-refractivity contribution in [3.63, 3.8) is 0 Å². The van der Waals surface area contributed by atoms with Crippen LogP contribution in [0.3, 0.4) is 0 Å². The van der Waals surface area contributed by atoms with Crippen molar-refractivity contribution in [2.24, 2.45) is 0 Å². The fraction of sp³-hybridized carbons (Fsp3) is 0.389. The summed E-state index contributed by atoms with van der Waals surface area (Å²) in [5.41, 5.74) is 1.05. The van der Waals surface area contributed by atoms with Gasteiger partial charge in [-0.05, 0) is 47.7 Å². The number of carbonyl (C=O) groups excluding carboxylic acids is 1. The Hall–Kier alpha value is -1.90. The van der Waals surface area contributed by atoms with E-state index in [1.165, 1.54) is 22.8 Å². The SMILES string of the molecule is CCc1ccsc1C(=O)N1CCN(S(=O)(=O)c2ccc(OC)cc2)CC1. The number of hydrogen-bond acceptors (Lipinski definition) is 5. The quantitative estimate of drug-likeness (QED) is 0.781. The van der Waals surface area contributed by atoms with Crippen LogP contribution in [0.5, 0.6) is 5.75 Å². The van der Waals surface area contributed by atoms with Gasteiger partial charge >= 0.3 is 0 Å². The number of thiophene rings is 1. The van der Waals surface area contributed by atoms with Gasteiger partial charge in [-0.15, -0.1) is 11.3 Å². The second-order valence-electron chi connectivity index (χ2n) is 6.00. The molecule has 0 bridgehead atoms. The lowest BCUT2D eigenvalue weighted by Crippen LogP contribution is -2.50. The third kappa shape index (κ3) is 3.62. The van der Waals surface area contributed by atoms with Gasteiger partial charge in [0.25, 0.3) is 5.91 Å². The number of sulfonamides is 1. The average Bonchev–Trinajstić information content (AvgIpc) is 3.16. The Morgan fingerprint density at radius 1 is 1.12 bits per heavy atom. The molecule has 0 radical (unpaired) electrons. The number of methoxy groups -OCH3 is 1. The molecule has 8 heteroatoms. The molecule has 2 heterocycles. The highest BCUT2D eigenvalue weighted by Gasteiger charge is 2.31. The van der Waals surface area contributed by atoms with Crippen LogP contribution in [0.1, 0.15) is 22.2 Å². The lowest BCUT2D eigenvalue weighted by Gasteiger charge is -2.34. The lowest BCUT2D eigenvalue weighted by atomic mass is 10.2. The Kier molecular flexibility index (Phi) is 5.64. The van der Waals surface area contributed by atoms with Crippen LogP contribution in [0.25, 0.3) is 0 Å². The molecule has 0 saturated carbocycles. The highest BCUT2D eigenvalue weighted by molar-refractivity contribution is 7.89. The predicted octanol–water partition coefficient (Wildman–Crippen LogP) is 2.47. The van der Waals surface area contributed by atoms with Gasteiger partial charge in [0, 0.05) is 26.2 Å². The Bertz CT molecular complexity index is 867. The number of carbonyl (C=O) groups is 1. The monoisotopic (exact) mass is 394 g/mol. The normalized spacial score (nSPS) is 15.8. The molecule has 140 valence electrons. The standard InChI is InChI=1S/C18H22N2O4S2/c1-3-14-8-13-25-17(14)18(21)19-9-11-20(12-10-19)26(22,23)16-6-4-15(24-2)5-7-16/h4-8,13H,3,9-12H2,1-2H3. The maximum atomic E-state index is 12.8. The van der Waals surface area contributed by atoms with Gasteiger partial charge in [0.15, 0.2) is 0 Å². The second kappa shape index (κ2) is 7.77. The van der Waals surface area contributed by atoms with Gasteiger partial charge in [-0.1, -0.05) is 6.92 Å². The van der Waals surface area contributed by atoms with Crippen molar-refractivity contribution in [1.29, 1.82) is 0 Å². The summed E-state index contributed by atoms with van der Waals surface area (Å²) in [6.45, 7) is 3.42. The number of aryl methyl sites for hydroxylation is 1. The third-order valence-corrected chi connectivity index (χ3v) is 7.40. The molecule has 0 unspecified atom stereocenters. The van der Waals surface area contributed by atoms with Gasteiger partial charge in [-0.25, -0.2) is 8.42 Å². The molecule has 0 atom stereocenters. The number of benzene rings is 1. The number of rotatable bonds is 5. The Balaban J connectivity index is 1.68. The van der Waals surface area contributed by atoms with E-state index in [9.17, 15) is 13.2 Å². The Labute approximate surface area is 158 Å². The fourth-order valence-corrected chi connectivity index (χ4v) is 5.36. The smallest absolute Gasteiger partial charge is 0.264 e. The largest absolute Gasteiger partial charge is 0.497 e. The lowest BCUT2D eigenvalue weighted by molar-refractivity contribution is 0.0702. The zero-order valence-corrected chi connectivity index (χ0v) is 16.5. The highest BCUT2D eigenvalue weighted by Crippen LogP contribution is 2.23. The molecule has 1 aliphatic heterocycles. The molecule has 0 spiro atoms. The minimum atomic E-state index is -3.56.